The van der Waals surface area contributed by atoms with Crippen LogP contribution in [-0.2, 0) is 10.2 Å². The average molecular weight is 278 g/mol. The molecule has 2 unspecified atom stereocenters. The van der Waals surface area contributed by atoms with E-state index in [1.165, 1.54) is 12.1 Å². The molecular weight excluding hydrogens is 259 g/mol. The van der Waals surface area contributed by atoms with Crippen molar-refractivity contribution in [3.63, 3.8) is 0 Å². The summed E-state index contributed by atoms with van der Waals surface area (Å²) >= 11 is 0. The van der Waals surface area contributed by atoms with Crippen LogP contribution in [0, 0.1) is 5.82 Å². The first-order chi connectivity index (χ1) is 9.62. The van der Waals surface area contributed by atoms with Crippen LogP contribution in [0.15, 0.2) is 24.3 Å². The van der Waals surface area contributed by atoms with E-state index in [2.05, 4.69) is 10.6 Å². The molecule has 3 N–H and O–H groups in total. The van der Waals surface area contributed by atoms with Gasteiger partial charge in [-0.3, -0.25) is 4.79 Å². The van der Waals surface area contributed by atoms with Gasteiger partial charge in [0.25, 0.3) is 0 Å². The number of carbonyl (C=O) groups excluding carboxylic acids is 1. The molecule has 108 valence electrons. The van der Waals surface area contributed by atoms with Crippen LogP contribution in [0.5, 0.6) is 0 Å². The Bertz CT molecular complexity index is 499. The number of hydrogen-bond acceptors (Lipinski definition) is 3. The maximum Gasteiger partial charge on any atom is 0.230 e. The molecule has 4 nitrogen and oxygen atoms in total. The molecule has 1 saturated heterocycles. The second-order valence-electron chi connectivity index (χ2n) is 5.73. The summed E-state index contributed by atoms with van der Waals surface area (Å²) < 4.78 is 13.0. The van der Waals surface area contributed by atoms with E-state index in [1.807, 2.05) is 0 Å². The molecule has 1 saturated carbocycles. The Morgan fingerprint density at radius 2 is 2.05 bits per heavy atom. The number of carbonyl (C=O) groups is 1. The van der Waals surface area contributed by atoms with Crippen LogP contribution in [-0.4, -0.2) is 36.2 Å². The topological polar surface area (TPSA) is 61.4 Å². The third-order valence-electron chi connectivity index (χ3n) is 4.35. The zero-order valence-electron chi connectivity index (χ0n) is 11.2. The van der Waals surface area contributed by atoms with Crippen LogP contribution in [0.2, 0.25) is 0 Å². The van der Waals surface area contributed by atoms with E-state index in [9.17, 15) is 14.3 Å². The molecule has 2 fully saturated rings. The number of amides is 1. The molecule has 20 heavy (non-hydrogen) atoms. The minimum Gasteiger partial charge on any atom is -0.390 e. The smallest absolute Gasteiger partial charge is 0.230 e. The fourth-order valence-corrected chi connectivity index (χ4v) is 2.86. The van der Waals surface area contributed by atoms with Gasteiger partial charge in [0.15, 0.2) is 0 Å². The van der Waals surface area contributed by atoms with E-state index in [1.54, 1.807) is 12.1 Å². The van der Waals surface area contributed by atoms with Crippen molar-refractivity contribution in [1.82, 2.24) is 10.6 Å². The third kappa shape index (κ3) is 2.43. The van der Waals surface area contributed by atoms with E-state index in [-0.39, 0.29) is 17.8 Å². The van der Waals surface area contributed by atoms with Gasteiger partial charge in [0.05, 0.1) is 17.6 Å². The van der Waals surface area contributed by atoms with Crippen LogP contribution in [0.3, 0.4) is 0 Å². The molecule has 1 aliphatic carbocycles. The lowest BCUT2D eigenvalue weighted by atomic mass is 9.93. The van der Waals surface area contributed by atoms with Gasteiger partial charge in [-0.25, -0.2) is 4.39 Å². The quantitative estimate of drug-likeness (QED) is 0.762. The van der Waals surface area contributed by atoms with Crippen LogP contribution >= 0.6 is 0 Å². The molecule has 0 bridgehead atoms. The highest BCUT2D eigenvalue weighted by molar-refractivity contribution is 5.91. The number of aliphatic hydroxyl groups excluding tert-OH is 1. The molecule has 1 aromatic carbocycles. The number of hydrogen-bond donors (Lipinski definition) is 3. The fourth-order valence-electron chi connectivity index (χ4n) is 2.86. The summed E-state index contributed by atoms with van der Waals surface area (Å²) in [5.74, 6) is -0.339. The van der Waals surface area contributed by atoms with Gasteiger partial charge in [-0.15, -0.1) is 0 Å². The van der Waals surface area contributed by atoms with Crippen LogP contribution in [0.1, 0.15) is 24.8 Å². The van der Waals surface area contributed by atoms with Crippen molar-refractivity contribution in [2.45, 2.75) is 36.8 Å². The molecule has 1 aromatic rings. The first-order valence-corrected chi connectivity index (χ1v) is 7.08. The zero-order valence-corrected chi connectivity index (χ0v) is 11.2. The minimum atomic E-state index is -0.545. The summed E-state index contributed by atoms with van der Waals surface area (Å²) in [7, 11) is 0. The second-order valence-corrected chi connectivity index (χ2v) is 5.73. The predicted octanol–water partition coefficient (Wildman–Crippen LogP) is 0.696. The lowest BCUT2D eigenvalue weighted by molar-refractivity contribution is -0.125. The maximum absolute atomic E-state index is 13.0. The summed E-state index contributed by atoms with van der Waals surface area (Å²) in [5.41, 5.74) is 0.345. The molecule has 0 spiro atoms. The molecule has 2 aliphatic rings. The Labute approximate surface area is 117 Å². The van der Waals surface area contributed by atoms with Crippen molar-refractivity contribution in [2.75, 3.05) is 13.1 Å². The van der Waals surface area contributed by atoms with Gasteiger partial charge >= 0.3 is 0 Å². The van der Waals surface area contributed by atoms with E-state index >= 15 is 0 Å². The Morgan fingerprint density at radius 3 is 2.65 bits per heavy atom. The molecule has 0 aromatic heterocycles. The molecule has 0 radical (unpaired) electrons. The van der Waals surface area contributed by atoms with Gasteiger partial charge < -0.3 is 15.7 Å². The highest BCUT2D eigenvalue weighted by Gasteiger charge is 2.51. The molecular formula is C15H19FN2O2. The highest BCUT2D eigenvalue weighted by Crippen LogP contribution is 2.48. The Balaban J connectivity index is 1.71. The lowest BCUT2D eigenvalue weighted by Gasteiger charge is -2.30. The predicted molar refractivity (Wildman–Crippen MR) is 72.7 cm³/mol. The monoisotopic (exact) mass is 278 g/mol. The number of β-amino-alcohol motifs (C(OH)–C–C–N with tert-alkyl or cyclic N) is 1. The van der Waals surface area contributed by atoms with Crippen molar-refractivity contribution in [3.8, 4) is 0 Å². The Kier molecular flexibility index (Phi) is 3.48. The summed E-state index contributed by atoms with van der Waals surface area (Å²) in [5, 5.41) is 15.9. The van der Waals surface area contributed by atoms with Crippen molar-refractivity contribution in [3.05, 3.63) is 35.6 Å². The largest absolute Gasteiger partial charge is 0.390 e. The normalized spacial score (nSPS) is 27.9. The SMILES string of the molecule is O=C(NC1CCNCC1O)C1(c2ccc(F)cc2)CC1. The van der Waals surface area contributed by atoms with Crippen LogP contribution < -0.4 is 10.6 Å². The Morgan fingerprint density at radius 1 is 1.35 bits per heavy atom. The molecule has 1 heterocycles. The van der Waals surface area contributed by atoms with Gasteiger partial charge in [0, 0.05) is 6.54 Å². The molecule has 3 rings (SSSR count). The average Bonchev–Trinajstić information content (AvgIpc) is 3.24. The van der Waals surface area contributed by atoms with E-state index < -0.39 is 11.5 Å². The summed E-state index contributed by atoms with van der Waals surface area (Å²) in [6, 6.07) is 5.95. The van der Waals surface area contributed by atoms with Crippen molar-refractivity contribution in [1.29, 1.82) is 0 Å². The molecule has 1 aliphatic heterocycles. The van der Waals surface area contributed by atoms with Crippen LogP contribution in [0.4, 0.5) is 4.39 Å². The number of piperidine rings is 1. The molecule has 2 atom stereocenters. The highest BCUT2D eigenvalue weighted by atomic mass is 19.1. The van der Waals surface area contributed by atoms with E-state index in [0.29, 0.717) is 6.54 Å². The standard InChI is InChI=1S/C15H19FN2O2/c16-11-3-1-10(2-4-11)15(6-7-15)14(20)18-12-5-8-17-9-13(12)19/h1-4,12-13,17,19H,5-9H2,(H,18,20). The number of halogens is 1. The first kappa shape index (κ1) is 13.5. The van der Waals surface area contributed by atoms with Crippen LogP contribution in [0.25, 0.3) is 0 Å². The second kappa shape index (κ2) is 5.14. The van der Waals surface area contributed by atoms with Crippen molar-refractivity contribution >= 4 is 5.91 Å². The van der Waals surface area contributed by atoms with Gasteiger partial charge in [0.1, 0.15) is 5.82 Å². The van der Waals surface area contributed by atoms with Gasteiger partial charge in [-0.2, -0.15) is 0 Å². The summed E-state index contributed by atoms with van der Waals surface area (Å²) in [4.78, 5) is 12.5. The first-order valence-electron chi connectivity index (χ1n) is 7.08. The zero-order chi connectivity index (χ0) is 14.2. The maximum atomic E-state index is 13.0. The van der Waals surface area contributed by atoms with Gasteiger partial charge in [-0.1, -0.05) is 12.1 Å². The third-order valence-corrected chi connectivity index (χ3v) is 4.35. The summed E-state index contributed by atoms with van der Waals surface area (Å²) in [6.45, 7) is 1.31. The lowest BCUT2D eigenvalue weighted by Crippen LogP contribution is -2.54. The number of aliphatic hydroxyl groups is 1. The van der Waals surface area contributed by atoms with Crippen molar-refractivity contribution < 1.29 is 14.3 Å². The fraction of sp³-hybridized carbons (Fsp3) is 0.533. The number of benzene rings is 1. The van der Waals surface area contributed by atoms with E-state index in [4.69, 9.17) is 0 Å². The number of nitrogens with one attached hydrogen (secondary N) is 2. The van der Waals surface area contributed by atoms with Gasteiger partial charge in [0.2, 0.25) is 5.91 Å². The Hall–Kier alpha value is -1.46. The van der Waals surface area contributed by atoms with Crippen molar-refractivity contribution in [2.24, 2.45) is 0 Å². The minimum absolute atomic E-state index is 0.0462. The number of rotatable bonds is 3. The molecule has 5 heteroatoms. The molecule has 1 amide bonds. The van der Waals surface area contributed by atoms with Gasteiger partial charge in [-0.05, 0) is 43.5 Å². The van der Waals surface area contributed by atoms with E-state index in [0.717, 1.165) is 31.4 Å². The summed E-state index contributed by atoms with van der Waals surface area (Å²) in [6.07, 6.45) is 1.75.